The van der Waals surface area contributed by atoms with E-state index >= 15 is 0 Å². The van der Waals surface area contributed by atoms with E-state index < -0.39 is 12.0 Å². The number of carbonyl (C=O) groups is 2. The van der Waals surface area contributed by atoms with Gasteiger partial charge in [-0.25, -0.2) is 4.79 Å². The van der Waals surface area contributed by atoms with Crippen LogP contribution in [0.5, 0.6) is 0 Å². The number of hydrogen-bond donors (Lipinski definition) is 2. The summed E-state index contributed by atoms with van der Waals surface area (Å²) in [5, 5.41) is 24.2. The molecule has 0 unspecified atom stereocenters. The van der Waals surface area contributed by atoms with E-state index in [-0.39, 0.29) is 29.4 Å². The number of carboxylic acids is 1. The van der Waals surface area contributed by atoms with Gasteiger partial charge in [-0.1, -0.05) is 24.6 Å². The lowest BCUT2D eigenvalue weighted by Crippen LogP contribution is -2.51. The Hall–Kier alpha value is -1.89. The van der Waals surface area contributed by atoms with E-state index in [0.29, 0.717) is 37.1 Å². The first-order valence-electron chi connectivity index (χ1n) is 12.8. The highest BCUT2D eigenvalue weighted by molar-refractivity contribution is 5.96. The molecule has 1 saturated heterocycles. The molecule has 5 aliphatic rings. The summed E-state index contributed by atoms with van der Waals surface area (Å²) < 4.78 is 0. The number of carbonyl (C=O) groups excluding carboxylic acids is 1. The van der Waals surface area contributed by atoms with Crippen molar-refractivity contribution in [3.63, 3.8) is 0 Å². The molecular formula is C26H38N2O5. The van der Waals surface area contributed by atoms with Crippen molar-refractivity contribution in [1.29, 1.82) is 0 Å². The number of allylic oxidation sites excluding steroid dienone is 2. The highest BCUT2D eigenvalue weighted by Crippen LogP contribution is 2.65. The molecule has 7 nitrogen and oxygen atoms in total. The minimum atomic E-state index is -0.950. The Kier molecular flexibility index (Phi) is 5.82. The summed E-state index contributed by atoms with van der Waals surface area (Å²) in [6, 6.07) is -0.736. The van der Waals surface area contributed by atoms with Crippen LogP contribution in [-0.4, -0.2) is 58.0 Å². The third-order valence-corrected chi connectivity index (χ3v) is 10.2. The van der Waals surface area contributed by atoms with Gasteiger partial charge in [-0.2, -0.15) is 0 Å². The van der Waals surface area contributed by atoms with Crippen LogP contribution in [0.15, 0.2) is 16.8 Å². The van der Waals surface area contributed by atoms with E-state index in [1.165, 1.54) is 29.7 Å². The van der Waals surface area contributed by atoms with Crippen LogP contribution >= 0.6 is 0 Å². The van der Waals surface area contributed by atoms with Crippen LogP contribution in [-0.2, 0) is 14.4 Å². The first-order chi connectivity index (χ1) is 15.7. The zero-order chi connectivity index (χ0) is 23.4. The lowest BCUT2D eigenvalue weighted by Gasteiger charge is -2.57. The van der Waals surface area contributed by atoms with Crippen molar-refractivity contribution in [3.05, 3.63) is 11.6 Å². The molecule has 4 fully saturated rings. The Morgan fingerprint density at radius 2 is 1.94 bits per heavy atom. The third kappa shape index (κ3) is 3.71. The van der Waals surface area contributed by atoms with Crippen LogP contribution in [0.2, 0.25) is 0 Å². The summed E-state index contributed by atoms with van der Waals surface area (Å²) in [4.78, 5) is 30.5. The Bertz CT molecular complexity index is 884. The van der Waals surface area contributed by atoms with Gasteiger partial charge in [-0.15, -0.1) is 0 Å². The molecule has 0 radical (unpaired) electrons. The molecule has 1 amide bonds. The lowest BCUT2D eigenvalue weighted by molar-refractivity contribution is -0.150. The summed E-state index contributed by atoms with van der Waals surface area (Å²) in [6.45, 7) is 5.02. The molecule has 2 N–H and O–H groups in total. The Morgan fingerprint density at radius 3 is 2.73 bits per heavy atom. The van der Waals surface area contributed by atoms with Crippen LogP contribution in [0.4, 0.5) is 0 Å². The highest BCUT2D eigenvalue weighted by atomic mass is 16.6. The van der Waals surface area contributed by atoms with Gasteiger partial charge in [0.1, 0.15) is 6.04 Å². The van der Waals surface area contributed by atoms with Gasteiger partial charge in [0.25, 0.3) is 5.91 Å². The van der Waals surface area contributed by atoms with E-state index in [4.69, 9.17) is 4.84 Å². The average Bonchev–Trinajstić information content (AvgIpc) is 3.39. The molecule has 5 rings (SSSR count). The molecular weight excluding hydrogens is 420 g/mol. The lowest BCUT2D eigenvalue weighted by atomic mass is 9.47. The van der Waals surface area contributed by atoms with Crippen molar-refractivity contribution in [1.82, 2.24) is 4.90 Å². The van der Waals surface area contributed by atoms with Gasteiger partial charge in [-0.3, -0.25) is 4.79 Å². The second-order valence-electron chi connectivity index (χ2n) is 11.6. The van der Waals surface area contributed by atoms with Crippen LogP contribution in [0.1, 0.15) is 78.1 Å². The SMILES string of the molecule is C[C@]12CC[C@H]3[C@@H](CCC4=C/C(=N\OCC(=O)N5CCC[C@H]5C(=O)O)CC[C@@]43C)[C@@H]1CC[C@@H]2O. The molecule has 0 bridgehead atoms. The largest absolute Gasteiger partial charge is 0.480 e. The zero-order valence-electron chi connectivity index (χ0n) is 20.0. The Morgan fingerprint density at radius 1 is 1.12 bits per heavy atom. The van der Waals surface area contributed by atoms with Crippen molar-refractivity contribution in [2.24, 2.45) is 33.7 Å². The maximum Gasteiger partial charge on any atom is 0.326 e. The number of oxime groups is 1. The molecule has 33 heavy (non-hydrogen) atoms. The Balaban J connectivity index is 1.24. The second kappa shape index (κ2) is 8.40. The number of nitrogens with zero attached hydrogens (tertiary/aromatic N) is 2. The number of rotatable bonds is 4. The fourth-order valence-corrected chi connectivity index (χ4v) is 8.19. The monoisotopic (exact) mass is 458 g/mol. The fourth-order valence-electron chi connectivity index (χ4n) is 8.19. The van der Waals surface area contributed by atoms with Crippen molar-refractivity contribution in [2.75, 3.05) is 13.2 Å². The maximum absolute atomic E-state index is 12.4. The van der Waals surface area contributed by atoms with E-state index in [0.717, 1.165) is 37.8 Å². The summed E-state index contributed by atoms with van der Waals surface area (Å²) in [7, 11) is 0. The quantitative estimate of drug-likeness (QED) is 0.625. The van der Waals surface area contributed by atoms with Crippen LogP contribution in [0.25, 0.3) is 0 Å². The molecule has 1 aliphatic heterocycles. The molecule has 0 aromatic rings. The number of fused-ring (bicyclic) bond motifs is 5. The summed E-state index contributed by atoms with van der Waals surface area (Å²) in [5.41, 5.74) is 2.66. The number of amides is 1. The molecule has 182 valence electrons. The maximum atomic E-state index is 12.4. The van der Waals surface area contributed by atoms with Gasteiger partial charge in [0.15, 0.2) is 6.61 Å². The van der Waals surface area contributed by atoms with Crippen molar-refractivity contribution in [2.45, 2.75) is 90.2 Å². The van der Waals surface area contributed by atoms with Crippen molar-refractivity contribution in [3.8, 4) is 0 Å². The number of likely N-dealkylation sites (tertiary alicyclic amines) is 1. The van der Waals surface area contributed by atoms with Gasteiger partial charge < -0.3 is 20.0 Å². The third-order valence-electron chi connectivity index (χ3n) is 10.2. The molecule has 0 spiro atoms. The number of hydrogen-bond acceptors (Lipinski definition) is 5. The van der Waals surface area contributed by atoms with E-state index in [1.807, 2.05) is 0 Å². The predicted octanol–water partition coefficient (Wildman–Crippen LogP) is 3.76. The summed E-state index contributed by atoms with van der Waals surface area (Å²) in [5.74, 6) is 0.775. The standard InChI is InChI=1S/C26H38N2O5/c1-25-11-9-17(27-33-15-23(30)28-13-3-4-21(28)24(31)32)14-16(25)5-6-18-19-7-8-22(29)26(19,2)12-10-20(18)25/h14,18-22,29H,3-13,15H2,1-2H3,(H,31,32)/b27-17-/t18-,19-,20-,21-,22-,25-,26-/m0/s1. The van der Waals surface area contributed by atoms with Crippen molar-refractivity contribution >= 4 is 17.6 Å². The second-order valence-corrected chi connectivity index (χ2v) is 11.6. The zero-order valence-corrected chi connectivity index (χ0v) is 20.0. The summed E-state index contributed by atoms with van der Waals surface area (Å²) in [6.07, 6.45) is 11.9. The molecule has 1 heterocycles. The topological polar surface area (TPSA) is 99.4 Å². The smallest absolute Gasteiger partial charge is 0.326 e. The van der Waals surface area contributed by atoms with Crippen LogP contribution < -0.4 is 0 Å². The predicted molar refractivity (Wildman–Crippen MR) is 123 cm³/mol. The first kappa shape index (κ1) is 22.9. The number of aliphatic carboxylic acids is 1. The Labute approximate surface area is 196 Å². The molecule has 7 heteroatoms. The molecule has 3 saturated carbocycles. The van der Waals surface area contributed by atoms with E-state index in [1.54, 1.807) is 0 Å². The number of aliphatic hydroxyl groups excluding tert-OH is 1. The summed E-state index contributed by atoms with van der Waals surface area (Å²) >= 11 is 0. The first-order valence-corrected chi connectivity index (χ1v) is 12.8. The minimum Gasteiger partial charge on any atom is -0.480 e. The van der Waals surface area contributed by atoms with E-state index in [2.05, 4.69) is 25.1 Å². The van der Waals surface area contributed by atoms with Gasteiger partial charge in [0, 0.05) is 6.54 Å². The van der Waals surface area contributed by atoms with Crippen LogP contribution in [0, 0.1) is 28.6 Å². The average molecular weight is 459 g/mol. The number of aliphatic hydroxyl groups is 1. The van der Waals surface area contributed by atoms with Gasteiger partial charge in [0.2, 0.25) is 0 Å². The van der Waals surface area contributed by atoms with Gasteiger partial charge >= 0.3 is 5.97 Å². The normalized spacial score (nSPS) is 43.5. The van der Waals surface area contributed by atoms with Crippen LogP contribution in [0.3, 0.4) is 0 Å². The molecule has 7 atom stereocenters. The minimum absolute atomic E-state index is 0.107. The number of carboxylic acid groups (broad SMARTS) is 1. The molecule has 0 aromatic carbocycles. The highest BCUT2D eigenvalue weighted by Gasteiger charge is 2.58. The van der Waals surface area contributed by atoms with Crippen molar-refractivity contribution < 1.29 is 24.6 Å². The van der Waals surface area contributed by atoms with Gasteiger partial charge in [0.05, 0.1) is 11.8 Å². The van der Waals surface area contributed by atoms with Gasteiger partial charge in [-0.05, 0) is 98.9 Å². The molecule has 0 aromatic heterocycles. The fraction of sp³-hybridized carbons (Fsp3) is 0.808. The van der Waals surface area contributed by atoms with E-state index in [9.17, 15) is 19.8 Å². The molecule has 4 aliphatic carbocycles.